The molecule has 0 saturated carbocycles. The molecule has 5 nitrogen and oxygen atoms in total. The Bertz CT molecular complexity index is 332. The Morgan fingerprint density at radius 2 is 1.82 bits per heavy atom. The van der Waals surface area contributed by atoms with E-state index < -0.39 is 0 Å². The summed E-state index contributed by atoms with van der Waals surface area (Å²) in [6, 6.07) is 1.94. The van der Waals surface area contributed by atoms with Crippen LogP contribution in [0.1, 0.15) is 27.2 Å². The summed E-state index contributed by atoms with van der Waals surface area (Å²) in [6.07, 6.45) is 2.65. The van der Waals surface area contributed by atoms with Gasteiger partial charge in [0.1, 0.15) is 18.0 Å². The maximum absolute atomic E-state index is 4.19. The SMILES string of the molecule is CNCCCNc1cc(NC(C)(C)C)ncn1. The lowest BCUT2D eigenvalue weighted by Crippen LogP contribution is -2.26. The van der Waals surface area contributed by atoms with Crippen molar-refractivity contribution < 1.29 is 0 Å². The lowest BCUT2D eigenvalue weighted by Gasteiger charge is -2.21. The zero-order chi connectivity index (χ0) is 12.7. The van der Waals surface area contributed by atoms with Crippen LogP contribution in [0.4, 0.5) is 11.6 Å². The Morgan fingerprint density at radius 3 is 2.47 bits per heavy atom. The molecule has 0 spiro atoms. The highest BCUT2D eigenvalue weighted by atomic mass is 15.1. The van der Waals surface area contributed by atoms with Gasteiger partial charge >= 0.3 is 0 Å². The fourth-order valence-electron chi connectivity index (χ4n) is 1.39. The molecule has 0 aliphatic rings. The van der Waals surface area contributed by atoms with Crippen LogP contribution in [0, 0.1) is 0 Å². The van der Waals surface area contributed by atoms with Gasteiger partial charge in [0.05, 0.1) is 0 Å². The van der Waals surface area contributed by atoms with Gasteiger partial charge in [0.25, 0.3) is 0 Å². The summed E-state index contributed by atoms with van der Waals surface area (Å²) in [5.74, 6) is 1.71. The highest BCUT2D eigenvalue weighted by Gasteiger charge is 2.10. The van der Waals surface area contributed by atoms with E-state index in [1.807, 2.05) is 13.1 Å². The summed E-state index contributed by atoms with van der Waals surface area (Å²) < 4.78 is 0. The van der Waals surface area contributed by atoms with Crippen LogP contribution in [-0.2, 0) is 0 Å². The Labute approximate surface area is 103 Å². The Balaban J connectivity index is 2.48. The van der Waals surface area contributed by atoms with Crippen molar-refractivity contribution in [3.05, 3.63) is 12.4 Å². The molecule has 5 heteroatoms. The van der Waals surface area contributed by atoms with E-state index in [-0.39, 0.29) is 5.54 Å². The Morgan fingerprint density at radius 1 is 1.12 bits per heavy atom. The second-order valence-corrected chi connectivity index (χ2v) is 5.05. The van der Waals surface area contributed by atoms with Crippen molar-refractivity contribution in [2.24, 2.45) is 0 Å². The van der Waals surface area contributed by atoms with Crippen LogP contribution in [0.3, 0.4) is 0 Å². The maximum Gasteiger partial charge on any atom is 0.131 e. The van der Waals surface area contributed by atoms with Gasteiger partial charge < -0.3 is 16.0 Å². The normalized spacial score (nSPS) is 11.3. The number of nitrogens with zero attached hydrogens (tertiary/aromatic N) is 2. The van der Waals surface area contributed by atoms with E-state index in [1.165, 1.54) is 0 Å². The Kier molecular flexibility index (Phi) is 5.15. The molecule has 0 atom stereocenters. The molecule has 1 aromatic heterocycles. The molecule has 0 saturated heterocycles. The smallest absolute Gasteiger partial charge is 0.131 e. The van der Waals surface area contributed by atoms with Crippen molar-refractivity contribution in [2.45, 2.75) is 32.7 Å². The predicted molar refractivity (Wildman–Crippen MR) is 72.4 cm³/mol. The van der Waals surface area contributed by atoms with Crippen LogP contribution >= 0.6 is 0 Å². The fraction of sp³-hybridized carbons (Fsp3) is 0.667. The molecule has 0 aliphatic heterocycles. The molecule has 0 aliphatic carbocycles. The number of hydrogen-bond donors (Lipinski definition) is 3. The van der Waals surface area contributed by atoms with Gasteiger partial charge in [0, 0.05) is 18.2 Å². The molecule has 1 rings (SSSR count). The predicted octanol–water partition coefficient (Wildman–Crippen LogP) is 1.71. The van der Waals surface area contributed by atoms with Crippen molar-refractivity contribution >= 4 is 11.6 Å². The van der Waals surface area contributed by atoms with E-state index in [0.717, 1.165) is 31.1 Å². The first-order valence-corrected chi connectivity index (χ1v) is 6.00. The first kappa shape index (κ1) is 13.7. The van der Waals surface area contributed by atoms with E-state index in [0.29, 0.717) is 0 Å². The standard InChI is InChI=1S/C12H23N5/c1-12(2,3)17-11-8-10(15-9-16-11)14-7-5-6-13-4/h8-9,13H,5-7H2,1-4H3,(H2,14,15,16,17). The first-order valence-electron chi connectivity index (χ1n) is 6.00. The molecule has 0 radical (unpaired) electrons. The zero-order valence-electron chi connectivity index (χ0n) is 11.2. The van der Waals surface area contributed by atoms with Gasteiger partial charge in [-0.1, -0.05) is 0 Å². The van der Waals surface area contributed by atoms with Crippen molar-refractivity contribution in [3.63, 3.8) is 0 Å². The van der Waals surface area contributed by atoms with Crippen LogP contribution < -0.4 is 16.0 Å². The fourth-order valence-corrected chi connectivity index (χ4v) is 1.39. The third-order valence-electron chi connectivity index (χ3n) is 2.08. The summed E-state index contributed by atoms with van der Waals surface area (Å²) in [5.41, 5.74) is 0.0117. The quantitative estimate of drug-likeness (QED) is 0.657. The molecule has 17 heavy (non-hydrogen) atoms. The highest BCUT2D eigenvalue weighted by Crippen LogP contribution is 2.14. The molecular weight excluding hydrogens is 214 g/mol. The minimum atomic E-state index is 0.0117. The second-order valence-electron chi connectivity index (χ2n) is 5.05. The van der Waals surface area contributed by atoms with Gasteiger partial charge in [0.15, 0.2) is 0 Å². The third kappa shape index (κ3) is 6.06. The number of nitrogens with one attached hydrogen (secondary N) is 3. The summed E-state index contributed by atoms with van der Waals surface area (Å²) >= 11 is 0. The van der Waals surface area contributed by atoms with Gasteiger partial charge in [-0.05, 0) is 40.8 Å². The van der Waals surface area contributed by atoms with E-state index >= 15 is 0 Å². The second kappa shape index (κ2) is 6.39. The topological polar surface area (TPSA) is 61.9 Å². The molecule has 0 aromatic carbocycles. The van der Waals surface area contributed by atoms with Crippen molar-refractivity contribution in [3.8, 4) is 0 Å². The number of hydrogen-bond acceptors (Lipinski definition) is 5. The average molecular weight is 237 g/mol. The molecule has 1 aromatic rings. The Hall–Kier alpha value is -1.36. The largest absolute Gasteiger partial charge is 0.370 e. The molecule has 0 fully saturated rings. The summed E-state index contributed by atoms with van der Waals surface area (Å²) in [6.45, 7) is 8.23. The van der Waals surface area contributed by atoms with Gasteiger partial charge in [-0.15, -0.1) is 0 Å². The minimum Gasteiger partial charge on any atom is -0.370 e. The van der Waals surface area contributed by atoms with Gasteiger partial charge in [-0.25, -0.2) is 9.97 Å². The van der Waals surface area contributed by atoms with Crippen LogP contribution in [0.15, 0.2) is 12.4 Å². The molecule has 0 amide bonds. The summed E-state index contributed by atoms with van der Waals surface area (Å²) in [4.78, 5) is 8.38. The first-order chi connectivity index (χ1) is 8.01. The van der Waals surface area contributed by atoms with Crippen LogP contribution in [0.5, 0.6) is 0 Å². The van der Waals surface area contributed by atoms with Crippen molar-refractivity contribution in [1.82, 2.24) is 15.3 Å². The van der Waals surface area contributed by atoms with Gasteiger partial charge in [-0.3, -0.25) is 0 Å². The monoisotopic (exact) mass is 237 g/mol. The molecule has 1 heterocycles. The van der Waals surface area contributed by atoms with E-state index in [2.05, 4.69) is 46.7 Å². The molecule has 0 bridgehead atoms. The van der Waals surface area contributed by atoms with E-state index in [4.69, 9.17) is 0 Å². The lowest BCUT2D eigenvalue weighted by atomic mass is 10.1. The molecule has 96 valence electrons. The third-order valence-corrected chi connectivity index (χ3v) is 2.08. The van der Waals surface area contributed by atoms with Crippen LogP contribution in [0.25, 0.3) is 0 Å². The zero-order valence-corrected chi connectivity index (χ0v) is 11.2. The summed E-state index contributed by atoms with van der Waals surface area (Å²) in [7, 11) is 1.95. The van der Waals surface area contributed by atoms with E-state index in [1.54, 1.807) is 6.33 Å². The highest BCUT2D eigenvalue weighted by molar-refractivity contribution is 5.47. The number of aromatic nitrogens is 2. The lowest BCUT2D eigenvalue weighted by molar-refractivity contribution is 0.630. The molecule has 3 N–H and O–H groups in total. The van der Waals surface area contributed by atoms with Crippen molar-refractivity contribution in [2.75, 3.05) is 30.8 Å². The molecule has 0 unspecified atom stereocenters. The number of rotatable bonds is 6. The minimum absolute atomic E-state index is 0.0117. The van der Waals surface area contributed by atoms with Gasteiger partial charge in [0.2, 0.25) is 0 Å². The van der Waals surface area contributed by atoms with Crippen LogP contribution in [-0.4, -0.2) is 35.6 Å². The van der Waals surface area contributed by atoms with Crippen molar-refractivity contribution in [1.29, 1.82) is 0 Å². The summed E-state index contributed by atoms with van der Waals surface area (Å²) in [5, 5.41) is 9.71. The van der Waals surface area contributed by atoms with E-state index in [9.17, 15) is 0 Å². The maximum atomic E-state index is 4.19. The van der Waals surface area contributed by atoms with Crippen LogP contribution in [0.2, 0.25) is 0 Å². The average Bonchev–Trinajstić information content (AvgIpc) is 2.23. The number of anilines is 2. The molecular formula is C12H23N5. The van der Waals surface area contributed by atoms with Gasteiger partial charge in [-0.2, -0.15) is 0 Å².